The molecule has 0 saturated heterocycles. The Hall–Kier alpha value is -4.47. The smallest absolute Gasteiger partial charge is 0.509 e. The molecule has 0 aliphatic heterocycles. The van der Waals surface area contributed by atoms with E-state index in [1.54, 1.807) is 0 Å². The molecular formula is C38H32N4OPt. The molecule has 0 radical (unpaired) electrons. The predicted molar refractivity (Wildman–Crippen MR) is 174 cm³/mol. The summed E-state index contributed by atoms with van der Waals surface area (Å²) in [5.41, 5.74) is 10.7. The second-order valence-electron chi connectivity index (χ2n) is 11.1. The first-order valence-corrected chi connectivity index (χ1v) is 14.7. The van der Waals surface area contributed by atoms with Crippen LogP contribution in [-0.2, 0) is 27.5 Å². The van der Waals surface area contributed by atoms with Crippen LogP contribution in [0.25, 0.3) is 44.4 Å². The Morgan fingerprint density at radius 2 is 1.59 bits per heavy atom. The Morgan fingerprint density at radius 3 is 2.36 bits per heavy atom. The summed E-state index contributed by atoms with van der Waals surface area (Å²) in [6.45, 7) is 10.5. The number of fused-ring (bicyclic) bond motifs is 3. The summed E-state index contributed by atoms with van der Waals surface area (Å²) in [5.74, 6) is 2.09. The van der Waals surface area contributed by atoms with Crippen molar-refractivity contribution in [1.29, 1.82) is 0 Å². The average Bonchev–Trinajstić information content (AvgIpc) is 3.49. The number of rotatable bonds is 6. The molecule has 0 aliphatic rings. The van der Waals surface area contributed by atoms with Crippen LogP contribution >= 0.6 is 0 Å². The minimum absolute atomic E-state index is 0. The van der Waals surface area contributed by atoms with E-state index in [0.717, 1.165) is 68.0 Å². The third-order valence-electron chi connectivity index (χ3n) is 8.03. The summed E-state index contributed by atoms with van der Waals surface area (Å²) in [5, 5.41) is 7.19. The maximum Gasteiger partial charge on any atom is 2.00 e. The fourth-order valence-corrected chi connectivity index (χ4v) is 5.98. The van der Waals surface area contributed by atoms with Gasteiger partial charge in [0.05, 0.1) is 5.69 Å². The third-order valence-corrected chi connectivity index (χ3v) is 8.03. The first-order chi connectivity index (χ1) is 20.9. The van der Waals surface area contributed by atoms with Crippen molar-refractivity contribution in [1.82, 2.24) is 19.3 Å². The van der Waals surface area contributed by atoms with Crippen molar-refractivity contribution < 1.29 is 25.8 Å². The fourth-order valence-electron chi connectivity index (χ4n) is 5.98. The quantitative estimate of drug-likeness (QED) is 0.159. The molecular weight excluding hydrogens is 724 g/mol. The molecule has 0 N–H and O–H groups in total. The first kappa shape index (κ1) is 29.6. The summed E-state index contributed by atoms with van der Waals surface area (Å²) in [4.78, 5) is 4.72. The molecule has 0 bridgehead atoms. The van der Waals surface area contributed by atoms with Crippen molar-refractivity contribution >= 4 is 21.8 Å². The molecule has 3 heterocycles. The van der Waals surface area contributed by atoms with Gasteiger partial charge in [0.2, 0.25) is 0 Å². The van der Waals surface area contributed by atoms with Crippen LogP contribution in [0.5, 0.6) is 11.5 Å². The summed E-state index contributed by atoms with van der Waals surface area (Å²) in [6, 6.07) is 36.4. The molecule has 6 heteroatoms. The van der Waals surface area contributed by atoms with Crippen molar-refractivity contribution in [2.75, 3.05) is 0 Å². The second kappa shape index (κ2) is 11.9. The van der Waals surface area contributed by atoms with E-state index >= 15 is 0 Å². The van der Waals surface area contributed by atoms with Crippen molar-refractivity contribution in [2.45, 2.75) is 41.0 Å². The molecule has 220 valence electrons. The normalized spacial score (nSPS) is 11.2. The van der Waals surface area contributed by atoms with Crippen LogP contribution in [-0.4, -0.2) is 19.3 Å². The number of ether oxygens (including phenoxy) is 1. The van der Waals surface area contributed by atoms with Gasteiger partial charge in [-0.15, -0.1) is 35.7 Å². The number of nitrogens with zero attached hydrogens (tertiary/aromatic N) is 4. The topological polar surface area (TPSA) is 44.9 Å². The molecule has 0 amide bonds. The molecule has 4 aromatic carbocycles. The molecule has 44 heavy (non-hydrogen) atoms. The Kier molecular flexibility index (Phi) is 8.00. The van der Waals surface area contributed by atoms with Gasteiger partial charge in [0.25, 0.3) is 0 Å². The van der Waals surface area contributed by atoms with Crippen LogP contribution < -0.4 is 4.74 Å². The standard InChI is InChI=1S/C38H32N4O.Pt/c1-6-28-12-15-35-34(21-28)33-14-13-31(23-36(33)41(35)37-20-24(2)16-17-39-37)43-32-19-25(3)18-30(22-32)42-27(5)38(26(4)40-42)29-10-8-7-9-11-29;/h7-21H,6H2,1-5H3;/q-2;+2. The zero-order chi connectivity index (χ0) is 29.7. The van der Waals surface area contributed by atoms with Crippen molar-refractivity contribution in [3.63, 3.8) is 0 Å². The maximum absolute atomic E-state index is 6.46. The van der Waals surface area contributed by atoms with E-state index in [1.807, 2.05) is 35.1 Å². The van der Waals surface area contributed by atoms with Crippen LogP contribution in [0.1, 0.15) is 35.0 Å². The fraction of sp³-hybridized carbons (Fsp3) is 0.158. The number of pyridine rings is 1. The van der Waals surface area contributed by atoms with E-state index in [-0.39, 0.29) is 21.1 Å². The van der Waals surface area contributed by atoms with E-state index < -0.39 is 0 Å². The van der Waals surface area contributed by atoms with Gasteiger partial charge in [-0.05, 0) is 73.2 Å². The first-order valence-electron chi connectivity index (χ1n) is 14.7. The molecule has 7 aromatic rings. The van der Waals surface area contributed by atoms with E-state index in [0.29, 0.717) is 11.5 Å². The van der Waals surface area contributed by atoms with Gasteiger partial charge in [-0.2, -0.15) is 16.7 Å². The Morgan fingerprint density at radius 1 is 0.773 bits per heavy atom. The van der Waals surface area contributed by atoms with Crippen LogP contribution in [0.15, 0.2) is 91.1 Å². The van der Waals surface area contributed by atoms with Gasteiger partial charge in [-0.25, -0.2) is 4.98 Å². The third kappa shape index (κ3) is 5.26. The average molecular weight is 756 g/mol. The van der Waals surface area contributed by atoms with Gasteiger partial charge in [-0.1, -0.05) is 61.8 Å². The van der Waals surface area contributed by atoms with Crippen LogP contribution in [0.4, 0.5) is 0 Å². The zero-order valence-electron chi connectivity index (χ0n) is 25.4. The number of hydrogen-bond donors (Lipinski definition) is 0. The molecule has 0 saturated carbocycles. The number of aryl methyl sites for hydroxylation is 4. The van der Waals surface area contributed by atoms with Crippen LogP contribution in [0, 0.1) is 39.8 Å². The largest absolute Gasteiger partial charge is 2.00 e. The monoisotopic (exact) mass is 755 g/mol. The Bertz CT molecular complexity index is 2140. The molecule has 0 aliphatic carbocycles. The van der Waals surface area contributed by atoms with Gasteiger partial charge >= 0.3 is 21.1 Å². The van der Waals surface area contributed by atoms with E-state index in [9.17, 15) is 0 Å². The summed E-state index contributed by atoms with van der Waals surface area (Å²) in [7, 11) is 0. The molecule has 5 nitrogen and oxygen atoms in total. The molecule has 7 rings (SSSR count). The minimum Gasteiger partial charge on any atom is -0.509 e. The van der Waals surface area contributed by atoms with Gasteiger partial charge in [-0.3, -0.25) is 4.68 Å². The summed E-state index contributed by atoms with van der Waals surface area (Å²) in [6.07, 6.45) is 2.83. The number of hydrogen-bond acceptors (Lipinski definition) is 3. The van der Waals surface area contributed by atoms with Gasteiger partial charge in [0.15, 0.2) is 0 Å². The van der Waals surface area contributed by atoms with E-state index in [4.69, 9.17) is 14.8 Å². The predicted octanol–water partition coefficient (Wildman–Crippen LogP) is 9.22. The number of benzene rings is 4. The maximum atomic E-state index is 6.46. The SMILES string of the molecule is CCc1ccc2c(c1)c1ccc(Oc3[c-]c(-n4nc(C)c(-c5ccccc5)c4C)cc(C)c3)[c-]c1n2-c1cc(C)ccn1.[Pt+2]. The molecule has 0 fully saturated rings. The van der Waals surface area contributed by atoms with Crippen LogP contribution in [0.2, 0.25) is 0 Å². The second-order valence-corrected chi connectivity index (χ2v) is 11.1. The van der Waals surface area contributed by atoms with Gasteiger partial charge in [0, 0.05) is 34.5 Å². The van der Waals surface area contributed by atoms with Crippen LogP contribution in [0.3, 0.4) is 0 Å². The minimum atomic E-state index is 0. The van der Waals surface area contributed by atoms with Gasteiger partial charge < -0.3 is 9.30 Å². The van der Waals surface area contributed by atoms with Crippen molar-refractivity contribution in [3.8, 4) is 34.1 Å². The summed E-state index contributed by atoms with van der Waals surface area (Å²) >= 11 is 0. The summed E-state index contributed by atoms with van der Waals surface area (Å²) < 4.78 is 10.6. The molecule has 3 aromatic heterocycles. The zero-order valence-corrected chi connectivity index (χ0v) is 27.7. The molecule has 0 atom stereocenters. The Labute approximate surface area is 272 Å². The Balaban J connectivity index is 0.00000343. The number of aromatic nitrogens is 4. The molecule has 0 unspecified atom stereocenters. The molecule has 0 spiro atoms. The van der Waals surface area contributed by atoms with Gasteiger partial charge in [0.1, 0.15) is 5.82 Å². The van der Waals surface area contributed by atoms with E-state index in [1.165, 1.54) is 10.9 Å². The van der Waals surface area contributed by atoms with E-state index in [2.05, 4.69) is 112 Å². The van der Waals surface area contributed by atoms with Crippen molar-refractivity contribution in [2.24, 2.45) is 0 Å². The van der Waals surface area contributed by atoms with Crippen molar-refractivity contribution in [3.05, 3.63) is 131 Å².